The zero-order valence-electron chi connectivity index (χ0n) is 14.4. The Hall–Kier alpha value is -2.21. The summed E-state index contributed by atoms with van der Waals surface area (Å²) in [5.41, 5.74) is 1.83. The van der Waals surface area contributed by atoms with Crippen molar-refractivity contribution in [2.75, 3.05) is 0 Å². The van der Waals surface area contributed by atoms with Crippen molar-refractivity contribution in [3.63, 3.8) is 0 Å². The number of thiophene rings is 1. The Kier molecular flexibility index (Phi) is 4.66. The summed E-state index contributed by atoms with van der Waals surface area (Å²) in [5, 5.41) is 8.67. The topological polar surface area (TPSA) is 59.8 Å². The lowest BCUT2D eigenvalue weighted by Gasteiger charge is -2.12. The fourth-order valence-electron chi connectivity index (χ4n) is 2.67. The van der Waals surface area contributed by atoms with E-state index in [-0.39, 0.29) is 11.9 Å². The summed E-state index contributed by atoms with van der Waals surface area (Å²) in [4.78, 5) is 18.7. The van der Waals surface area contributed by atoms with Crippen LogP contribution in [0.2, 0.25) is 0 Å². The predicted molar refractivity (Wildman–Crippen MR) is 97.3 cm³/mol. The average Bonchev–Trinajstić information content (AvgIpc) is 3.10. The first kappa shape index (κ1) is 16.6. The Morgan fingerprint density at radius 2 is 2.12 bits per heavy atom. The van der Waals surface area contributed by atoms with Crippen molar-refractivity contribution >= 4 is 27.5 Å². The van der Waals surface area contributed by atoms with Gasteiger partial charge < -0.3 is 5.32 Å². The minimum absolute atomic E-state index is 0.0650. The molecule has 6 heteroatoms. The molecule has 5 nitrogen and oxygen atoms in total. The molecule has 0 saturated carbocycles. The summed E-state index contributed by atoms with van der Waals surface area (Å²) >= 11 is 1.50. The first-order valence-corrected chi connectivity index (χ1v) is 8.96. The lowest BCUT2D eigenvalue weighted by atomic mass is 10.2. The van der Waals surface area contributed by atoms with Gasteiger partial charge in [0.1, 0.15) is 4.83 Å². The van der Waals surface area contributed by atoms with Gasteiger partial charge in [-0.15, -0.1) is 11.3 Å². The Balaban J connectivity index is 1.83. The van der Waals surface area contributed by atoms with E-state index in [1.165, 1.54) is 11.3 Å². The number of carbonyl (C=O) groups excluding carboxylic acids is 1. The van der Waals surface area contributed by atoms with Gasteiger partial charge in [-0.2, -0.15) is 5.10 Å². The largest absolute Gasteiger partial charge is 0.343 e. The maximum Gasteiger partial charge on any atom is 0.261 e. The van der Waals surface area contributed by atoms with E-state index in [2.05, 4.69) is 29.2 Å². The first-order valence-electron chi connectivity index (χ1n) is 8.14. The maximum absolute atomic E-state index is 12.6. The zero-order valence-corrected chi connectivity index (χ0v) is 15.2. The van der Waals surface area contributed by atoms with Crippen molar-refractivity contribution in [1.82, 2.24) is 20.1 Å². The van der Waals surface area contributed by atoms with Crippen molar-refractivity contribution in [2.24, 2.45) is 5.92 Å². The van der Waals surface area contributed by atoms with Gasteiger partial charge >= 0.3 is 0 Å². The normalized spacial score (nSPS) is 12.7. The lowest BCUT2D eigenvalue weighted by Crippen LogP contribution is -2.26. The quantitative estimate of drug-likeness (QED) is 0.764. The third kappa shape index (κ3) is 3.33. The minimum Gasteiger partial charge on any atom is -0.343 e. The first-order chi connectivity index (χ1) is 11.5. The molecule has 3 heterocycles. The molecular formula is C18H22N4OS. The summed E-state index contributed by atoms with van der Waals surface area (Å²) in [5.74, 6) is 0.445. The molecule has 0 fully saturated rings. The second-order valence-corrected chi connectivity index (χ2v) is 7.47. The molecule has 1 amide bonds. The molecule has 1 N–H and O–H groups in total. The van der Waals surface area contributed by atoms with E-state index in [0.29, 0.717) is 10.8 Å². The van der Waals surface area contributed by atoms with Crippen LogP contribution in [0.25, 0.3) is 10.2 Å². The van der Waals surface area contributed by atoms with Crippen molar-refractivity contribution in [3.05, 3.63) is 46.7 Å². The second kappa shape index (κ2) is 6.73. The monoisotopic (exact) mass is 342 g/mol. The fourth-order valence-corrected chi connectivity index (χ4v) is 3.74. The molecule has 0 saturated heterocycles. The number of amides is 1. The highest BCUT2D eigenvalue weighted by atomic mass is 32.1. The van der Waals surface area contributed by atoms with Gasteiger partial charge in [0.15, 0.2) is 0 Å². The number of fused-ring (bicyclic) bond motifs is 1. The van der Waals surface area contributed by atoms with E-state index < -0.39 is 0 Å². The van der Waals surface area contributed by atoms with Gasteiger partial charge in [0.2, 0.25) is 0 Å². The van der Waals surface area contributed by atoms with E-state index >= 15 is 0 Å². The smallest absolute Gasteiger partial charge is 0.261 e. The number of rotatable bonds is 5. The predicted octanol–water partition coefficient (Wildman–Crippen LogP) is 3.95. The Labute approximate surface area is 145 Å². The van der Waals surface area contributed by atoms with Crippen LogP contribution in [0.15, 0.2) is 30.5 Å². The zero-order chi connectivity index (χ0) is 17.3. The molecule has 0 radical (unpaired) electrons. The molecule has 1 unspecified atom stereocenters. The number of carbonyl (C=O) groups is 1. The van der Waals surface area contributed by atoms with Gasteiger partial charge in [-0.05, 0) is 38.0 Å². The van der Waals surface area contributed by atoms with Gasteiger partial charge in [0.25, 0.3) is 5.91 Å². The molecule has 126 valence electrons. The Morgan fingerprint density at radius 3 is 2.79 bits per heavy atom. The molecule has 3 rings (SSSR count). The fraction of sp³-hybridized carbons (Fsp3) is 0.389. The molecular weight excluding hydrogens is 320 g/mol. The highest BCUT2D eigenvalue weighted by Crippen LogP contribution is 2.29. The van der Waals surface area contributed by atoms with E-state index in [1.807, 2.05) is 42.8 Å². The van der Waals surface area contributed by atoms with Gasteiger partial charge in [0, 0.05) is 18.1 Å². The van der Waals surface area contributed by atoms with Crippen molar-refractivity contribution in [1.29, 1.82) is 0 Å². The van der Waals surface area contributed by atoms with Crippen LogP contribution in [-0.4, -0.2) is 20.7 Å². The summed E-state index contributed by atoms with van der Waals surface area (Å²) in [6, 6.07) is 7.53. The third-order valence-corrected chi connectivity index (χ3v) is 5.00. The lowest BCUT2D eigenvalue weighted by molar-refractivity contribution is 0.0943. The average molecular weight is 342 g/mol. The number of nitrogens with one attached hydrogen (secondary N) is 1. The molecule has 0 aliphatic heterocycles. The second-order valence-electron chi connectivity index (χ2n) is 6.44. The number of hydrogen-bond donors (Lipinski definition) is 1. The number of aryl methyl sites for hydroxylation is 1. The van der Waals surface area contributed by atoms with E-state index in [4.69, 9.17) is 0 Å². The summed E-state index contributed by atoms with van der Waals surface area (Å²) in [7, 11) is 0. The number of aromatic nitrogens is 3. The Morgan fingerprint density at radius 1 is 1.33 bits per heavy atom. The minimum atomic E-state index is -0.128. The van der Waals surface area contributed by atoms with Crippen molar-refractivity contribution in [3.8, 4) is 0 Å². The van der Waals surface area contributed by atoms with Gasteiger partial charge in [-0.25, -0.2) is 0 Å². The summed E-state index contributed by atoms with van der Waals surface area (Å²) in [6.07, 6.45) is 1.74. The molecule has 3 aromatic rings. The van der Waals surface area contributed by atoms with Crippen LogP contribution >= 0.6 is 11.3 Å². The SMILES string of the molecule is Cc1nn(CC(C)C)c2sc(C(=O)NC(C)c3ccccn3)cc12. The van der Waals surface area contributed by atoms with Gasteiger partial charge in [-0.1, -0.05) is 19.9 Å². The third-order valence-electron chi connectivity index (χ3n) is 3.85. The summed E-state index contributed by atoms with van der Waals surface area (Å²) in [6.45, 7) is 9.12. The Bertz CT molecular complexity index is 851. The highest BCUT2D eigenvalue weighted by Gasteiger charge is 2.18. The van der Waals surface area contributed by atoms with E-state index in [1.54, 1.807) is 6.20 Å². The highest BCUT2D eigenvalue weighted by molar-refractivity contribution is 7.20. The van der Waals surface area contributed by atoms with Crippen LogP contribution in [0.3, 0.4) is 0 Å². The molecule has 24 heavy (non-hydrogen) atoms. The molecule has 3 aromatic heterocycles. The maximum atomic E-state index is 12.6. The molecule has 0 aromatic carbocycles. The number of pyridine rings is 1. The molecule has 0 aliphatic rings. The van der Waals surface area contributed by atoms with Crippen molar-refractivity contribution < 1.29 is 4.79 Å². The molecule has 0 aliphatic carbocycles. The van der Waals surface area contributed by atoms with E-state index in [0.717, 1.165) is 28.1 Å². The van der Waals surface area contributed by atoms with Crippen LogP contribution in [-0.2, 0) is 6.54 Å². The number of nitrogens with zero attached hydrogens (tertiary/aromatic N) is 3. The van der Waals surface area contributed by atoms with Crippen molar-refractivity contribution in [2.45, 2.75) is 40.3 Å². The van der Waals surface area contributed by atoms with Crippen LogP contribution in [0, 0.1) is 12.8 Å². The molecule has 1 atom stereocenters. The number of hydrogen-bond acceptors (Lipinski definition) is 4. The standard InChI is InChI=1S/C18H22N4OS/c1-11(2)10-22-18-14(12(3)21-22)9-16(24-18)17(23)20-13(4)15-7-5-6-8-19-15/h5-9,11,13H,10H2,1-4H3,(H,20,23). The van der Waals surface area contributed by atoms with Gasteiger partial charge in [-0.3, -0.25) is 14.5 Å². The van der Waals surface area contributed by atoms with Gasteiger partial charge in [0.05, 0.1) is 22.3 Å². The van der Waals surface area contributed by atoms with Crippen LogP contribution in [0.1, 0.15) is 47.9 Å². The van der Waals surface area contributed by atoms with E-state index in [9.17, 15) is 4.79 Å². The summed E-state index contributed by atoms with van der Waals surface area (Å²) < 4.78 is 2.01. The van der Waals surface area contributed by atoms with Crippen LogP contribution in [0.5, 0.6) is 0 Å². The molecule has 0 bridgehead atoms. The molecule has 0 spiro atoms. The van der Waals surface area contributed by atoms with Crippen LogP contribution < -0.4 is 5.32 Å². The van der Waals surface area contributed by atoms with Crippen LogP contribution in [0.4, 0.5) is 0 Å².